The zero-order valence-corrected chi connectivity index (χ0v) is 20.5. The molecule has 13 heteroatoms. The quantitative estimate of drug-likeness (QED) is 0.306. The summed E-state index contributed by atoms with van der Waals surface area (Å²) in [5, 5.41) is 31.5. The smallest absolute Gasteiger partial charge is 0.302 e. The molecule has 2 aromatic rings. The minimum absolute atomic E-state index is 0.0109. The van der Waals surface area contributed by atoms with Crippen molar-refractivity contribution >= 4 is 40.6 Å². The predicted molar refractivity (Wildman–Crippen MR) is 130 cm³/mol. The average Bonchev–Trinajstić information content (AvgIpc) is 2.74. The Balaban J connectivity index is 0.000000361. The van der Waals surface area contributed by atoms with E-state index in [0.29, 0.717) is 23.0 Å². The standard InChI is InChI=1S/C13H19N3O4.C7H12ClN5/c1-5-10(6-2)14-12-11(15(17)18)7-8(3)9(4)13(12)16(19)20;1-3-9-6-11-5(8)12-7(13-6)10-4-2/h7,10,14H,5-6H2,1-4H3;3-4H2,1-2H3,(H2,9,10,11,12,13). The lowest BCUT2D eigenvalue weighted by Crippen LogP contribution is -2.19. The third-order valence-corrected chi connectivity index (χ3v) is 4.95. The molecule has 1 aromatic heterocycles. The molecule has 0 spiro atoms. The normalized spacial score (nSPS) is 10.3. The molecule has 182 valence electrons. The van der Waals surface area contributed by atoms with Crippen molar-refractivity contribution in [2.45, 2.75) is 60.4 Å². The summed E-state index contributed by atoms with van der Waals surface area (Å²) in [5.74, 6) is 0.997. The molecular weight excluding hydrogens is 452 g/mol. The summed E-state index contributed by atoms with van der Waals surface area (Å²) in [6.07, 6.45) is 1.47. The van der Waals surface area contributed by atoms with Gasteiger partial charge >= 0.3 is 5.69 Å². The van der Waals surface area contributed by atoms with E-state index in [2.05, 4.69) is 30.9 Å². The van der Waals surface area contributed by atoms with Crippen molar-refractivity contribution < 1.29 is 9.85 Å². The number of hydrogen-bond acceptors (Lipinski definition) is 10. The molecule has 1 heterocycles. The Bertz CT molecular complexity index is 945. The molecule has 0 saturated heterocycles. The first kappa shape index (κ1) is 27.8. The third kappa shape index (κ3) is 7.97. The summed E-state index contributed by atoms with van der Waals surface area (Å²) in [6.45, 7) is 12.5. The van der Waals surface area contributed by atoms with Crippen LogP contribution in [0.25, 0.3) is 0 Å². The van der Waals surface area contributed by atoms with Gasteiger partial charge in [0, 0.05) is 30.8 Å². The van der Waals surface area contributed by atoms with Crippen LogP contribution in [-0.2, 0) is 0 Å². The van der Waals surface area contributed by atoms with Crippen molar-refractivity contribution in [3.05, 3.63) is 42.7 Å². The summed E-state index contributed by atoms with van der Waals surface area (Å²) in [7, 11) is 0. The number of rotatable bonds is 10. The van der Waals surface area contributed by atoms with Gasteiger partial charge in [-0.1, -0.05) is 13.8 Å². The SMILES string of the molecule is CCC(CC)Nc1c([N+](=O)[O-])cc(C)c(C)c1[N+](=O)[O-].CCNc1nc(Cl)nc(NCC)n1. The van der Waals surface area contributed by atoms with Crippen molar-refractivity contribution in [1.82, 2.24) is 15.0 Å². The lowest BCUT2D eigenvalue weighted by atomic mass is 10.0. The van der Waals surface area contributed by atoms with Gasteiger partial charge in [0.05, 0.1) is 9.85 Å². The Kier molecular flexibility index (Phi) is 11.2. The first-order valence-corrected chi connectivity index (χ1v) is 11.1. The minimum Gasteiger partial charge on any atom is -0.371 e. The van der Waals surface area contributed by atoms with E-state index in [1.54, 1.807) is 13.8 Å². The molecule has 12 nitrogen and oxygen atoms in total. The Hall–Kier alpha value is -3.28. The van der Waals surface area contributed by atoms with Gasteiger partial charge in [0.15, 0.2) is 5.69 Å². The van der Waals surface area contributed by atoms with E-state index in [0.717, 1.165) is 25.9 Å². The molecule has 0 amide bonds. The fraction of sp³-hybridized carbons (Fsp3) is 0.550. The molecule has 0 saturated carbocycles. The third-order valence-electron chi connectivity index (χ3n) is 4.78. The summed E-state index contributed by atoms with van der Waals surface area (Å²) in [4.78, 5) is 33.2. The van der Waals surface area contributed by atoms with Crippen molar-refractivity contribution in [3.8, 4) is 0 Å². The molecule has 33 heavy (non-hydrogen) atoms. The number of anilines is 3. The molecule has 0 bridgehead atoms. The van der Waals surface area contributed by atoms with Crippen LogP contribution in [0, 0.1) is 34.1 Å². The molecule has 0 aliphatic rings. The number of halogens is 1. The lowest BCUT2D eigenvalue weighted by Gasteiger charge is -2.17. The van der Waals surface area contributed by atoms with Gasteiger partial charge in [0.25, 0.3) is 5.69 Å². The van der Waals surface area contributed by atoms with Crippen LogP contribution < -0.4 is 16.0 Å². The molecule has 0 aliphatic carbocycles. The fourth-order valence-electron chi connectivity index (χ4n) is 2.92. The maximum absolute atomic E-state index is 11.3. The van der Waals surface area contributed by atoms with E-state index >= 15 is 0 Å². The minimum atomic E-state index is -0.579. The number of hydrogen-bond donors (Lipinski definition) is 3. The van der Waals surface area contributed by atoms with Crippen LogP contribution in [0.2, 0.25) is 5.28 Å². The van der Waals surface area contributed by atoms with Crippen LogP contribution in [0.3, 0.4) is 0 Å². The maximum Gasteiger partial charge on any atom is 0.302 e. The molecule has 0 radical (unpaired) electrons. The summed E-state index contributed by atoms with van der Waals surface area (Å²) in [5.41, 5.74) is 0.555. The fourth-order valence-corrected chi connectivity index (χ4v) is 3.08. The highest BCUT2D eigenvalue weighted by Gasteiger charge is 2.30. The topological polar surface area (TPSA) is 161 Å². The molecule has 0 unspecified atom stereocenters. The van der Waals surface area contributed by atoms with Gasteiger partial charge in [0.1, 0.15) is 0 Å². The van der Waals surface area contributed by atoms with Gasteiger partial charge < -0.3 is 16.0 Å². The molecule has 0 aliphatic heterocycles. The number of benzene rings is 1. The van der Waals surface area contributed by atoms with Gasteiger partial charge in [-0.2, -0.15) is 15.0 Å². The molecule has 1 aromatic carbocycles. The predicted octanol–water partition coefficient (Wildman–Crippen LogP) is 5.11. The second kappa shape index (κ2) is 13.3. The van der Waals surface area contributed by atoms with E-state index < -0.39 is 9.85 Å². The number of nitro groups is 2. The van der Waals surface area contributed by atoms with Gasteiger partial charge in [-0.3, -0.25) is 20.2 Å². The molecule has 2 rings (SSSR count). The van der Waals surface area contributed by atoms with E-state index in [1.165, 1.54) is 6.07 Å². The van der Waals surface area contributed by atoms with Crippen molar-refractivity contribution in [2.24, 2.45) is 0 Å². The molecule has 3 N–H and O–H groups in total. The summed E-state index contributed by atoms with van der Waals surface area (Å²) < 4.78 is 0. The Morgan fingerprint density at radius 1 is 0.939 bits per heavy atom. The first-order chi connectivity index (χ1) is 15.6. The Morgan fingerprint density at radius 2 is 1.45 bits per heavy atom. The van der Waals surface area contributed by atoms with Crippen LogP contribution in [0.4, 0.5) is 29.0 Å². The van der Waals surface area contributed by atoms with Crippen molar-refractivity contribution in [3.63, 3.8) is 0 Å². The highest BCUT2D eigenvalue weighted by atomic mass is 35.5. The zero-order valence-electron chi connectivity index (χ0n) is 19.7. The maximum atomic E-state index is 11.3. The highest BCUT2D eigenvalue weighted by Crippen LogP contribution is 2.39. The van der Waals surface area contributed by atoms with Crippen LogP contribution in [0.5, 0.6) is 0 Å². The number of aromatic nitrogens is 3. The second-order valence-corrected chi connectivity index (χ2v) is 7.38. The van der Waals surface area contributed by atoms with E-state index in [9.17, 15) is 20.2 Å². The van der Waals surface area contributed by atoms with E-state index in [-0.39, 0.29) is 28.4 Å². The van der Waals surface area contributed by atoms with Crippen molar-refractivity contribution in [2.75, 3.05) is 29.0 Å². The second-order valence-electron chi connectivity index (χ2n) is 7.05. The molecule has 0 atom stereocenters. The average molecular weight is 483 g/mol. The van der Waals surface area contributed by atoms with Crippen LogP contribution in [0.15, 0.2) is 6.07 Å². The van der Waals surface area contributed by atoms with Gasteiger partial charge in [-0.05, 0) is 57.7 Å². The van der Waals surface area contributed by atoms with Crippen molar-refractivity contribution in [1.29, 1.82) is 0 Å². The molecular formula is C20H31ClN8O4. The van der Waals surface area contributed by atoms with E-state index in [4.69, 9.17) is 11.6 Å². The zero-order chi connectivity index (χ0) is 25.1. The summed E-state index contributed by atoms with van der Waals surface area (Å²) >= 11 is 5.68. The van der Waals surface area contributed by atoms with Crippen LogP contribution >= 0.6 is 11.6 Å². The monoisotopic (exact) mass is 482 g/mol. The lowest BCUT2D eigenvalue weighted by molar-refractivity contribution is -0.392. The number of nitrogens with zero attached hydrogens (tertiary/aromatic N) is 5. The molecule has 0 fully saturated rings. The van der Waals surface area contributed by atoms with Gasteiger partial charge in [0.2, 0.25) is 17.2 Å². The van der Waals surface area contributed by atoms with E-state index in [1.807, 2.05) is 27.7 Å². The van der Waals surface area contributed by atoms with Crippen LogP contribution in [-0.4, -0.2) is 43.9 Å². The Labute approximate surface area is 197 Å². The first-order valence-electron chi connectivity index (χ1n) is 10.7. The number of nitrogens with one attached hydrogen (secondary N) is 3. The number of nitro benzene ring substituents is 2. The van der Waals surface area contributed by atoms with Crippen LogP contribution in [0.1, 0.15) is 51.7 Å². The summed E-state index contributed by atoms with van der Waals surface area (Å²) in [6, 6.07) is 1.35. The number of aryl methyl sites for hydroxylation is 1. The Morgan fingerprint density at radius 3 is 1.85 bits per heavy atom. The van der Waals surface area contributed by atoms with Gasteiger partial charge in [-0.15, -0.1) is 0 Å². The van der Waals surface area contributed by atoms with Gasteiger partial charge in [-0.25, -0.2) is 0 Å². The largest absolute Gasteiger partial charge is 0.371 e. The highest BCUT2D eigenvalue weighted by molar-refractivity contribution is 6.28.